The molecule has 1 saturated carbocycles. The van der Waals surface area contributed by atoms with Crippen LogP contribution in [0.1, 0.15) is 39.0 Å². The first-order chi connectivity index (χ1) is 8.36. The van der Waals surface area contributed by atoms with Crippen LogP contribution in [0.5, 0.6) is 0 Å². The van der Waals surface area contributed by atoms with Gasteiger partial charge in [-0.2, -0.15) is 0 Å². The molecular formula is C15H24N2. The van der Waals surface area contributed by atoms with Gasteiger partial charge in [-0.15, -0.1) is 0 Å². The van der Waals surface area contributed by atoms with Crippen LogP contribution in [0.2, 0.25) is 0 Å². The van der Waals surface area contributed by atoms with Crippen LogP contribution in [-0.4, -0.2) is 19.6 Å². The molecule has 0 radical (unpaired) electrons. The minimum Gasteiger partial charge on any atom is -0.386 e. The number of hydrogen-bond acceptors (Lipinski definition) is 2. The minimum absolute atomic E-state index is 0.739. The van der Waals surface area contributed by atoms with Crippen molar-refractivity contribution >= 4 is 11.4 Å². The number of hydrogen-bond donors (Lipinski definition) is 1. The van der Waals surface area contributed by atoms with E-state index < -0.39 is 0 Å². The molecule has 1 N–H and O–H groups in total. The number of para-hydroxylation sites is 2. The molecule has 2 heteroatoms. The fourth-order valence-corrected chi connectivity index (χ4v) is 2.95. The maximum Gasteiger partial charge on any atom is 0.0604 e. The van der Waals surface area contributed by atoms with Gasteiger partial charge in [-0.05, 0) is 31.9 Å². The Morgan fingerprint density at radius 2 is 1.88 bits per heavy atom. The molecule has 17 heavy (non-hydrogen) atoms. The van der Waals surface area contributed by atoms with E-state index in [0.717, 1.165) is 12.6 Å². The van der Waals surface area contributed by atoms with Crippen molar-refractivity contribution in [3.05, 3.63) is 24.3 Å². The van der Waals surface area contributed by atoms with Gasteiger partial charge in [-0.3, -0.25) is 0 Å². The highest BCUT2D eigenvalue weighted by Gasteiger charge is 2.21. The van der Waals surface area contributed by atoms with Crippen molar-refractivity contribution in [2.75, 3.05) is 23.8 Å². The van der Waals surface area contributed by atoms with Gasteiger partial charge in [-0.25, -0.2) is 0 Å². The van der Waals surface area contributed by atoms with E-state index in [2.05, 4.69) is 41.4 Å². The summed E-state index contributed by atoms with van der Waals surface area (Å²) in [6, 6.07) is 9.39. The van der Waals surface area contributed by atoms with Crippen LogP contribution in [-0.2, 0) is 0 Å². The summed E-state index contributed by atoms with van der Waals surface area (Å²) in [4.78, 5) is 2.57. The SMILES string of the molecule is CCN(c1ccccc1NC)C1CCCCC1. The van der Waals surface area contributed by atoms with Gasteiger partial charge in [0.05, 0.1) is 11.4 Å². The molecule has 2 nitrogen and oxygen atoms in total. The lowest BCUT2D eigenvalue weighted by Crippen LogP contribution is -2.37. The summed E-state index contributed by atoms with van der Waals surface area (Å²) in [7, 11) is 2.01. The fraction of sp³-hybridized carbons (Fsp3) is 0.600. The first kappa shape index (κ1) is 12.3. The van der Waals surface area contributed by atoms with Gasteiger partial charge in [0.1, 0.15) is 0 Å². The first-order valence-electron chi connectivity index (χ1n) is 6.90. The molecule has 0 spiro atoms. The summed E-state index contributed by atoms with van der Waals surface area (Å²) in [6.45, 7) is 3.37. The maximum atomic E-state index is 3.31. The minimum atomic E-state index is 0.739. The second-order valence-corrected chi connectivity index (χ2v) is 4.84. The van der Waals surface area contributed by atoms with Crippen molar-refractivity contribution in [3.63, 3.8) is 0 Å². The smallest absolute Gasteiger partial charge is 0.0604 e. The third-order valence-corrected chi connectivity index (χ3v) is 3.84. The number of anilines is 2. The molecule has 2 rings (SSSR count). The molecule has 0 aromatic heterocycles. The molecule has 0 amide bonds. The van der Waals surface area contributed by atoms with Crippen LogP contribution in [0.4, 0.5) is 11.4 Å². The zero-order valence-electron chi connectivity index (χ0n) is 11.1. The van der Waals surface area contributed by atoms with E-state index >= 15 is 0 Å². The number of nitrogens with one attached hydrogen (secondary N) is 1. The summed E-state index contributed by atoms with van der Waals surface area (Å²) in [5.41, 5.74) is 2.62. The van der Waals surface area contributed by atoms with Gasteiger partial charge in [0.25, 0.3) is 0 Å². The molecule has 0 aliphatic heterocycles. The molecular weight excluding hydrogens is 208 g/mol. The molecule has 0 saturated heterocycles. The van der Waals surface area contributed by atoms with Crippen LogP contribution < -0.4 is 10.2 Å². The largest absolute Gasteiger partial charge is 0.386 e. The monoisotopic (exact) mass is 232 g/mol. The predicted molar refractivity (Wildman–Crippen MR) is 75.9 cm³/mol. The zero-order valence-corrected chi connectivity index (χ0v) is 11.1. The third kappa shape index (κ3) is 2.74. The second-order valence-electron chi connectivity index (χ2n) is 4.84. The summed E-state index contributed by atoms with van der Waals surface area (Å²) >= 11 is 0. The van der Waals surface area contributed by atoms with Crippen LogP contribution in [0, 0.1) is 0 Å². The Bertz CT molecular complexity index is 343. The predicted octanol–water partition coefficient (Wildman–Crippen LogP) is 3.89. The normalized spacial score (nSPS) is 16.8. The average molecular weight is 232 g/mol. The molecule has 1 aliphatic rings. The molecule has 0 unspecified atom stereocenters. The first-order valence-corrected chi connectivity index (χ1v) is 6.90. The Hall–Kier alpha value is -1.18. The molecule has 0 bridgehead atoms. The van der Waals surface area contributed by atoms with Crippen LogP contribution in [0.15, 0.2) is 24.3 Å². The quantitative estimate of drug-likeness (QED) is 0.847. The lowest BCUT2D eigenvalue weighted by molar-refractivity contribution is 0.418. The molecule has 0 heterocycles. The van der Waals surface area contributed by atoms with Gasteiger partial charge in [0.2, 0.25) is 0 Å². The van der Waals surface area contributed by atoms with E-state index in [-0.39, 0.29) is 0 Å². The third-order valence-electron chi connectivity index (χ3n) is 3.84. The van der Waals surface area contributed by atoms with Crippen molar-refractivity contribution < 1.29 is 0 Å². The van der Waals surface area contributed by atoms with Crippen molar-refractivity contribution in [1.29, 1.82) is 0 Å². The summed E-state index contributed by atoms with van der Waals surface area (Å²) in [5.74, 6) is 0. The Morgan fingerprint density at radius 1 is 1.18 bits per heavy atom. The standard InChI is InChI=1S/C15H24N2/c1-3-17(13-9-5-4-6-10-13)15-12-8-7-11-14(15)16-2/h7-8,11-13,16H,3-6,9-10H2,1-2H3. The van der Waals surface area contributed by atoms with Gasteiger partial charge < -0.3 is 10.2 Å². The van der Waals surface area contributed by atoms with E-state index in [1.807, 2.05) is 7.05 Å². The van der Waals surface area contributed by atoms with Gasteiger partial charge in [0.15, 0.2) is 0 Å². The molecule has 1 aromatic rings. The summed E-state index contributed by atoms with van der Waals surface area (Å²) in [6.07, 6.45) is 6.91. The van der Waals surface area contributed by atoms with E-state index in [1.165, 1.54) is 43.5 Å². The topological polar surface area (TPSA) is 15.3 Å². The lowest BCUT2D eigenvalue weighted by atomic mass is 9.93. The van der Waals surface area contributed by atoms with Crippen molar-refractivity contribution in [1.82, 2.24) is 0 Å². The Labute approximate surface area is 105 Å². The average Bonchev–Trinajstić information content (AvgIpc) is 2.41. The maximum absolute atomic E-state index is 3.31. The summed E-state index contributed by atoms with van der Waals surface area (Å²) < 4.78 is 0. The highest BCUT2D eigenvalue weighted by atomic mass is 15.2. The molecule has 0 atom stereocenters. The van der Waals surface area contributed by atoms with Gasteiger partial charge in [0, 0.05) is 19.6 Å². The molecule has 1 fully saturated rings. The Morgan fingerprint density at radius 3 is 2.53 bits per heavy atom. The van der Waals surface area contributed by atoms with E-state index in [9.17, 15) is 0 Å². The number of benzene rings is 1. The van der Waals surface area contributed by atoms with Gasteiger partial charge >= 0.3 is 0 Å². The second kappa shape index (κ2) is 5.95. The highest BCUT2D eigenvalue weighted by Crippen LogP contribution is 2.31. The van der Waals surface area contributed by atoms with Crippen LogP contribution in [0.25, 0.3) is 0 Å². The van der Waals surface area contributed by atoms with Crippen molar-refractivity contribution in [3.8, 4) is 0 Å². The van der Waals surface area contributed by atoms with Crippen LogP contribution in [0.3, 0.4) is 0 Å². The molecule has 1 aromatic carbocycles. The fourth-order valence-electron chi connectivity index (χ4n) is 2.95. The van der Waals surface area contributed by atoms with Gasteiger partial charge in [-0.1, -0.05) is 31.4 Å². The molecule has 94 valence electrons. The van der Waals surface area contributed by atoms with Crippen LogP contribution >= 0.6 is 0 Å². The van der Waals surface area contributed by atoms with Crippen molar-refractivity contribution in [2.45, 2.75) is 45.1 Å². The Kier molecular flexibility index (Phi) is 4.29. The number of rotatable bonds is 4. The lowest BCUT2D eigenvalue weighted by Gasteiger charge is -2.36. The Balaban J connectivity index is 2.21. The zero-order chi connectivity index (χ0) is 12.1. The molecule has 1 aliphatic carbocycles. The van der Waals surface area contributed by atoms with E-state index in [1.54, 1.807) is 0 Å². The number of nitrogens with zero attached hydrogens (tertiary/aromatic N) is 1. The highest BCUT2D eigenvalue weighted by molar-refractivity contribution is 5.70. The summed E-state index contributed by atoms with van der Waals surface area (Å²) in [5, 5.41) is 3.31. The van der Waals surface area contributed by atoms with Crippen molar-refractivity contribution in [2.24, 2.45) is 0 Å². The van der Waals surface area contributed by atoms with E-state index in [0.29, 0.717) is 0 Å². The van der Waals surface area contributed by atoms with E-state index in [4.69, 9.17) is 0 Å².